The summed E-state index contributed by atoms with van der Waals surface area (Å²) >= 11 is 0. The fourth-order valence-electron chi connectivity index (χ4n) is 2.87. The number of amides is 1. The third-order valence-corrected chi connectivity index (χ3v) is 4.37. The number of carbonyl (C=O) groups excluding carboxylic acids is 1. The Morgan fingerprint density at radius 3 is 2.48 bits per heavy atom. The quantitative estimate of drug-likeness (QED) is 0.257. The SMILES string of the molecule is CNc1cccc(C)c1COc1ccc(-c2ccnc(C)n2)cc1C.NNC=O. The van der Waals surface area contributed by atoms with E-state index in [0.29, 0.717) is 13.0 Å². The Morgan fingerprint density at radius 1 is 1.10 bits per heavy atom. The average Bonchev–Trinajstić information content (AvgIpc) is 2.73. The molecule has 3 aromatic rings. The normalized spacial score (nSPS) is 9.83. The van der Waals surface area contributed by atoms with Gasteiger partial charge in [0.05, 0.1) is 5.69 Å². The molecule has 29 heavy (non-hydrogen) atoms. The van der Waals surface area contributed by atoms with Gasteiger partial charge >= 0.3 is 0 Å². The van der Waals surface area contributed by atoms with Crippen molar-refractivity contribution in [2.24, 2.45) is 5.84 Å². The average molecular weight is 393 g/mol. The number of hydrogen-bond acceptors (Lipinski definition) is 6. The summed E-state index contributed by atoms with van der Waals surface area (Å²) in [7, 11) is 1.93. The predicted molar refractivity (Wildman–Crippen MR) is 115 cm³/mol. The zero-order valence-corrected chi connectivity index (χ0v) is 17.2. The van der Waals surface area contributed by atoms with Gasteiger partial charge in [-0.1, -0.05) is 12.1 Å². The van der Waals surface area contributed by atoms with Crippen LogP contribution in [-0.2, 0) is 11.4 Å². The summed E-state index contributed by atoms with van der Waals surface area (Å²) in [6, 6.07) is 14.3. The fourth-order valence-corrected chi connectivity index (χ4v) is 2.87. The topological polar surface area (TPSA) is 102 Å². The molecule has 1 heterocycles. The molecule has 0 unspecified atom stereocenters. The van der Waals surface area contributed by atoms with E-state index < -0.39 is 0 Å². The highest BCUT2D eigenvalue weighted by Gasteiger charge is 2.08. The molecule has 0 radical (unpaired) electrons. The number of hydrogen-bond donors (Lipinski definition) is 3. The van der Waals surface area contributed by atoms with Crippen molar-refractivity contribution in [1.82, 2.24) is 15.4 Å². The van der Waals surface area contributed by atoms with Gasteiger partial charge in [0, 0.05) is 30.1 Å². The van der Waals surface area contributed by atoms with Crippen LogP contribution in [0.15, 0.2) is 48.7 Å². The summed E-state index contributed by atoms with van der Waals surface area (Å²) in [6.45, 7) is 6.60. The number of nitrogens with two attached hydrogens (primary N) is 1. The smallest absolute Gasteiger partial charge is 0.221 e. The predicted octanol–water partition coefficient (Wildman–Crippen LogP) is 3.30. The highest BCUT2D eigenvalue weighted by molar-refractivity contribution is 5.61. The van der Waals surface area contributed by atoms with Gasteiger partial charge in [0.2, 0.25) is 6.41 Å². The first-order chi connectivity index (χ1) is 14.0. The third kappa shape index (κ3) is 6.02. The number of benzene rings is 2. The van der Waals surface area contributed by atoms with E-state index in [9.17, 15) is 0 Å². The van der Waals surface area contributed by atoms with Gasteiger partial charge in [-0.05, 0) is 62.2 Å². The van der Waals surface area contributed by atoms with Gasteiger partial charge in [-0.2, -0.15) is 0 Å². The minimum Gasteiger partial charge on any atom is -0.489 e. The number of aromatic nitrogens is 2. The number of anilines is 1. The van der Waals surface area contributed by atoms with E-state index >= 15 is 0 Å². The van der Waals surface area contributed by atoms with E-state index in [1.165, 1.54) is 11.1 Å². The first-order valence-electron chi connectivity index (χ1n) is 9.19. The van der Waals surface area contributed by atoms with E-state index in [1.807, 2.05) is 32.2 Å². The van der Waals surface area contributed by atoms with Crippen LogP contribution in [-0.4, -0.2) is 23.4 Å². The lowest BCUT2D eigenvalue weighted by Gasteiger charge is -2.15. The maximum Gasteiger partial charge on any atom is 0.221 e. The number of rotatable bonds is 6. The summed E-state index contributed by atoms with van der Waals surface area (Å²) in [6.07, 6.45) is 2.19. The van der Waals surface area contributed by atoms with Crippen LogP contribution in [0, 0.1) is 20.8 Å². The highest BCUT2D eigenvalue weighted by atomic mass is 16.5. The highest BCUT2D eigenvalue weighted by Crippen LogP contribution is 2.27. The van der Waals surface area contributed by atoms with Crippen molar-refractivity contribution >= 4 is 12.1 Å². The standard InChI is InChI=1S/C21H23N3O.CH4N2O/c1-14-6-5-7-20(22-4)18(14)13-25-21-9-8-17(12-15(21)2)19-10-11-23-16(3)24-19;2-3-1-4/h5-12,22H,13H2,1-4H3;1H,2H2,(H,3,4). The number of ether oxygens (including phenoxy) is 1. The van der Waals surface area contributed by atoms with Gasteiger partial charge in [-0.15, -0.1) is 0 Å². The van der Waals surface area contributed by atoms with Crippen molar-refractivity contribution in [3.8, 4) is 17.0 Å². The zero-order valence-electron chi connectivity index (χ0n) is 17.2. The Morgan fingerprint density at radius 2 is 1.86 bits per heavy atom. The van der Waals surface area contributed by atoms with E-state index in [0.717, 1.165) is 34.1 Å². The molecule has 0 aliphatic rings. The molecule has 0 spiro atoms. The van der Waals surface area contributed by atoms with Gasteiger partial charge in [0.15, 0.2) is 0 Å². The molecule has 7 heteroatoms. The molecule has 7 nitrogen and oxygen atoms in total. The molecule has 0 fully saturated rings. The van der Waals surface area contributed by atoms with Crippen LogP contribution < -0.4 is 21.3 Å². The Balaban J connectivity index is 0.000000687. The molecule has 0 aliphatic heterocycles. The van der Waals surface area contributed by atoms with Gasteiger partial charge in [0.25, 0.3) is 0 Å². The minimum atomic E-state index is 0.403. The van der Waals surface area contributed by atoms with Crippen molar-refractivity contribution in [3.63, 3.8) is 0 Å². The summed E-state index contributed by atoms with van der Waals surface area (Å²) in [5.41, 5.74) is 8.34. The maximum absolute atomic E-state index is 8.94. The van der Waals surface area contributed by atoms with Crippen LogP contribution in [0.1, 0.15) is 22.5 Å². The summed E-state index contributed by atoms with van der Waals surface area (Å²) < 4.78 is 6.09. The second-order valence-corrected chi connectivity index (χ2v) is 6.39. The van der Waals surface area contributed by atoms with Crippen molar-refractivity contribution in [1.29, 1.82) is 0 Å². The molecule has 0 saturated carbocycles. The van der Waals surface area contributed by atoms with Crippen molar-refractivity contribution in [2.75, 3.05) is 12.4 Å². The number of carbonyl (C=O) groups is 1. The Labute approximate surface area is 171 Å². The van der Waals surface area contributed by atoms with Gasteiger partial charge < -0.3 is 10.1 Å². The first kappa shape index (κ1) is 21.8. The Bertz CT molecular complexity index is 960. The molecular weight excluding hydrogens is 366 g/mol. The Kier molecular flexibility index (Phi) is 8.12. The van der Waals surface area contributed by atoms with E-state index in [-0.39, 0.29) is 0 Å². The second kappa shape index (κ2) is 10.8. The van der Waals surface area contributed by atoms with Crippen molar-refractivity contribution < 1.29 is 9.53 Å². The van der Waals surface area contributed by atoms with Crippen LogP contribution in [0.2, 0.25) is 0 Å². The molecule has 0 aliphatic carbocycles. The monoisotopic (exact) mass is 393 g/mol. The third-order valence-electron chi connectivity index (χ3n) is 4.37. The Hall–Kier alpha value is -3.45. The van der Waals surface area contributed by atoms with Crippen LogP contribution in [0.5, 0.6) is 5.75 Å². The fraction of sp³-hybridized carbons (Fsp3) is 0.227. The van der Waals surface area contributed by atoms with Crippen molar-refractivity contribution in [3.05, 3.63) is 71.2 Å². The lowest BCUT2D eigenvalue weighted by atomic mass is 10.1. The molecule has 2 aromatic carbocycles. The number of nitrogens with one attached hydrogen (secondary N) is 2. The molecule has 0 bridgehead atoms. The molecule has 1 amide bonds. The summed E-state index contributed by atoms with van der Waals surface area (Å²) in [5, 5.41) is 3.23. The molecule has 3 rings (SSSR count). The van der Waals surface area contributed by atoms with Gasteiger partial charge in [-0.25, -0.2) is 15.8 Å². The molecule has 1 aromatic heterocycles. The minimum absolute atomic E-state index is 0.403. The van der Waals surface area contributed by atoms with E-state index in [4.69, 9.17) is 9.53 Å². The van der Waals surface area contributed by atoms with Crippen molar-refractivity contribution in [2.45, 2.75) is 27.4 Å². The number of hydrazine groups is 1. The zero-order chi connectivity index (χ0) is 21.2. The van der Waals surface area contributed by atoms with Crippen LogP contribution >= 0.6 is 0 Å². The van der Waals surface area contributed by atoms with Crippen LogP contribution in [0.4, 0.5) is 5.69 Å². The first-order valence-corrected chi connectivity index (χ1v) is 9.19. The largest absolute Gasteiger partial charge is 0.489 e. The van der Waals surface area contributed by atoms with Crippen LogP contribution in [0.25, 0.3) is 11.3 Å². The summed E-state index contributed by atoms with van der Waals surface area (Å²) in [4.78, 5) is 17.6. The van der Waals surface area contributed by atoms with Gasteiger partial charge in [0.1, 0.15) is 18.2 Å². The second-order valence-electron chi connectivity index (χ2n) is 6.39. The van der Waals surface area contributed by atoms with E-state index in [2.05, 4.69) is 59.2 Å². The lowest BCUT2D eigenvalue weighted by molar-refractivity contribution is -0.109. The summed E-state index contributed by atoms with van der Waals surface area (Å²) in [5.74, 6) is 6.07. The van der Waals surface area contributed by atoms with E-state index in [1.54, 1.807) is 11.6 Å². The molecule has 4 N–H and O–H groups in total. The van der Waals surface area contributed by atoms with Crippen LogP contribution in [0.3, 0.4) is 0 Å². The molecule has 0 atom stereocenters. The molecule has 152 valence electrons. The number of nitrogens with zero attached hydrogens (tertiary/aromatic N) is 2. The number of aryl methyl sites for hydroxylation is 3. The molecular formula is C22H27N5O2. The van der Waals surface area contributed by atoms with Gasteiger partial charge in [-0.3, -0.25) is 10.2 Å². The molecule has 0 saturated heterocycles. The maximum atomic E-state index is 8.94. The lowest BCUT2D eigenvalue weighted by Crippen LogP contribution is -2.18.